The van der Waals surface area contributed by atoms with Crippen LogP contribution in [0.1, 0.15) is 62.5 Å². The van der Waals surface area contributed by atoms with Gasteiger partial charge in [-0.15, -0.1) is 0 Å². The monoisotopic (exact) mass is 492 g/mol. The van der Waals surface area contributed by atoms with Gasteiger partial charge in [-0.3, -0.25) is 4.79 Å². The van der Waals surface area contributed by atoms with Gasteiger partial charge in [0.2, 0.25) is 0 Å². The molecule has 0 N–H and O–H groups in total. The van der Waals surface area contributed by atoms with E-state index in [1.54, 1.807) is 7.11 Å². The summed E-state index contributed by atoms with van der Waals surface area (Å²) in [5.74, 6) is 1.41. The quantitative estimate of drug-likeness (QED) is 0.196. The number of nitrogens with zero attached hydrogens (tertiary/aromatic N) is 1. The molecule has 5 heteroatoms. The number of methoxy groups -OCH3 is 1. The third kappa shape index (κ3) is 5.47. The largest absolute Gasteiger partial charge is 0.497 e. The molecule has 36 heavy (non-hydrogen) atoms. The standard InChI is InChI=1S/C31H42NO4/c1-34-28-13-11-25(12-14-28)24-35-22-21-32-19-15-26(16-20-32)29(23-32)36-30(33)31(17-7-2-3-8-18-31)27-9-5-4-6-10-27/h4-6,9-14,26,29H,2-3,7-8,15-24H2,1H3/q+1/t26?,29-,32?/m0/s1. The molecule has 4 aliphatic rings. The Hall–Kier alpha value is -2.37. The van der Waals surface area contributed by atoms with Crippen LogP contribution in [0.3, 0.4) is 0 Å². The second kappa shape index (κ2) is 11.4. The van der Waals surface area contributed by atoms with Gasteiger partial charge in [-0.2, -0.15) is 0 Å². The zero-order chi connectivity index (χ0) is 24.8. The smallest absolute Gasteiger partial charge is 0.317 e. The number of carbonyl (C=O) groups excluding carboxylic acids is 1. The van der Waals surface area contributed by atoms with Crippen LogP contribution in [0.25, 0.3) is 0 Å². The van der Waals surface area contributed by atoms with E-state index in [1.807, 2.05) is 18.2 Å². The Labute approximate surface area is 216 Å². The minimum atomic E-state index is -0.476. The number of carbonyl (C=O) groups is 1. The third-order valence-corrected chi connectivity index (χ3v) is 9.11. The van der Waals surface area contributed by atoms with E-state index >= 15 is 0 Å². The Bertz CT molecular complexity index is 973. The molecular formula is C31H42NO4+. The van der Waals surface area contributed by atoms with Crippen molar-refractivity contribution in [2.45, 2.75) is 69.5 Å². The molecule has 5 nitrogen and oxygen atoms in total. The number of esters is 1. The number of benzene rings is 2. The first-order valence-electron chi connectivity index (χ1n) is 13.9. The molecule has 1 saturated carbocycles. The molecule has 3 saturated heterocycles. The lowest BCUT2D eigenvalue weighted by Gasteiger charge is -2.52. The SMILES string of the molecule is COc1ccc(COCC[N+]23CCC(CC2)[C@@H](OC(=O)C2(c4ccccc4)CCCCCC2)C3)cc1. The second-order valence-corrected chi connectivity index (χ2v) is 11.2. The van der Waals surface area contributed by atoms with E-state index in [0.717, 1.165) is 79.6 Å². The van der Waals surface area contributed by atoms with Gasteiger partial charge in [-0.25, -0.2) is 0 Å². The molecule has 0 amide bonds. The van der Waals surface area contributed by atoms with Crippen molar-refractivity contribution in [1.29, 1.82) is 0 Å². The molecule has 2 aromatic rings. The summed E-state index contributed by atoms with van der Waals surface area (Å²) in [7, 11) is 1.68. The summed E-state index contributed by atoms with van der Waals surface area (Å²) in [5.41, 5.74) is 1.83. The van der Waals surface area contributed by atoms with E-state index in [9.17, 15) is 4.79 Å². The summed E-state index contributed by atoms with van der Waals surface area (Å²) in [6, 6.07) is 18.5. The van der Waals surface area contributed by atoms with Crippen LogP contribution in [0.5, 0.6) is 5.75 Å². The van der Waals surface area contributed by atoms with Crippen molar-refractivity contribution >= 4 is 5.97 Å². The Morgan fingerprint density at radius 1 is 0.944 bits per heavy atom. The first-order chi connectivity index (χ1) is 17.6. The molecule has 6 rings (SSSR count). The highest BCUT2D eigenvalue weighted by molar-refractivity contribution is 5.83. The van der Waals surface area contributed by atoms with Crippen molar-refractivity contribution in [2.24, 2.45) is 5.92 Å². The van der Waals surface area contributed by atoms with Crippen molar-refractivity contribution in [2.75, 3.05) is 39.9 Å². The number of hydrogen-bond acceptors (Lipinski definition) is 4. The second-order valence-electron chi connectivity index (χ2n) is 11.2. The number of hydrogen-bond donors (Lipinski definition) is 0. The third-order valence-electron chi connectivity index (χ3n) is 9.11. The minimum Gasteiger partial charge on any atom is -0.497 e. The zero-order valence-electron chi connectivity index (χ0n) is 21.8. The fraction of sp³-hybridized carbons (Fsp3) is 0.581. The fourth-order valence-electron chi connectivity index (χ4n) is 6.79. The number of quaternary nitrogens is 1. The molecule has 0 radical (unpaired) electrons. The van der Waals surface area contributed by atoms with Crippen molar-refractivity contribution < 1.29 is 23.5 Å². The lowest BCUT2D eigenvalue weighted by Crippen LogP contribution is -2.65. The van der Waals surface area contributed by atoms with Gasteiger partial charge in [0, 0.05) is 18.8 Å². The highest BCUT2D eigenvalue weighted by Crippen LogP contribution is 2.42. The summed E-state index contributed by atoms with van der Waals surface area (Å²) >= 11 is 0. The number of rotatable bonds is 9. The predicted molar refractivity (Wildman–Crippen MR) is 141 cm³/mol. The molecule has 0 aromatic heterocycles. The van der Waals surface area contributed by atoms with Crippen molar-refractivity contribution in [1.82, 2.24) is 0 Å². The Morgan fingerprint density at radius 3 is 2.31 bits per heavy atom. The lowest BCUT2D eigenvalue weighted by molar-refractivity contribution is -0.946. The van der Waals surface area contributed by atoms with Crippen LogP contribution in [0.4, 0.5) is 0 Å². The Kier molecular flexibility index (Phi) is 7.97. The van der Waals surface area contributed by atoms with E-state index in [2.05, 4.69) is 36.4 Å². The minimum absolute atomic E-state index is 0.0308. The van der Waals surface area contributed by atoms with Crippen molar-refractivity contribution in [3.05, 3.63) is 65.7 Å². The van der Waals surface area contributed by atoms with Gasteiger partial charge in [0.1, 0.15) is 18.8 Å². The summed E-state index contributed by atoms with van der Waals surface area (Å²) in [6.45, 7) is 5.62. The summed E-state index contributed by atoms with van der Waals surface area (Å²) in [6.07, 6.45) is 8.77. The van der Waals surface area contributed by atoms with Crippen LogP contribution in [-0.2, 0) is 26.3 Å². The van der Waals surface area contributed by atoms with E-state index in [4.69, 9.17) is 14.2 Å². The van der Waals surface area contributed by atoms with E-state index < -0.39 is 5.41 Å². The number of fused-ring (bicyclic) bond motifs is 3. The summed E-state index contributed by atoms with van der Waals surface area (Å²) < 4.78 is 18.8. The summed E-state index contributed by atoms with van der Waals surface area (Å²) in [4.78, 5) is 13.9. The molecule has 1 aliphatic carbocycles. The maximum absolute atomic E-state index is 13.9. The lowest BCUT2D eigenvalue weighted by atomic mass is 9.74. The zero-order valence-corrected chi connectivity index (χ0v) is 21.8. The van der Waals surface area contributed by atoms with Crippen molar-refractivity contribution in [3.63, 3.8) is 0 Å². The predicted octanol–water partition coefficient (Wildman–Crippen LogP) is 5.66. The van der Waals surface area contributed by atoms with Crippen molar-refractivity contribution in [3.8, 4) is 5.75 Å². The highest BCUT2D eigenvalue weighted by atomic mass is 16.5. The average molecular weight is 493 g/mol. The van der Waals surface area contributed by atoms with E-state index in [0.29, 0.717) is 12.5 Å². The van der Waals surface area contributed by atoms with Crippen LogP contribution in [0.2, 0.25) is 0 Å². The normalized spacial score (nSPS) is 27.2. The van der Waals surface area contributed by atoms with Crippen LogP contribution in [-0.4, -0.2) is 56.5 Å². The van der Waals surface area contributed by atoms with Crippen LogP contribution in [0, 0.1) is 5.92 Å². The molecular weight excluding hydrogens is 450 g/mol. The van der Waals surface area contributed by atoms with Crippen LogP contribution in [0.15, 0.2) is 54.6 Å². The molecule has 2 bridgehead atoms. The first-order valence-corrected chi connectivity index (χ1v) is 13.9. The molecule has 194 valence electrons. The van der Waals surface area contributed by atoms with Gasteiger partial charge in [-0.1, -0.05) is 68.1 Å². The molecule has 4 fully saturated rings. The summed E-state index contributed by atoms with van der Waals surface area (Å²) in [5, 5.41) is 0. The van der Waals surface area contributed by atoms with E-state index in [-0.39, 0.29) is 12.1 Å². The molecule has 3 aliphatic heterocycles. The number of ether oxygens (including phenoxy) is 3. The molecule has 0 spiro atoms. The van der Waals surface area contributed by atoms with Gasteiger partial charge in [-0.05, 0) is 36.1 Å². The van der Waals surface area contributed by atoms with Gasteiger partial charge in [0.15, 0.2) is 6.10 Å². The highest BCUT2D eigenvalue weighted by Gasteiger charge is 2.50. The topological polar surface area (TPSA) is 44.8 Å². The average Bonchev–Trinajstić information content (AvgIpc) is 3.20. The molecule has 2 aromatic carbocycles. The fourth-order valence-corrected chi connectivity index (χ4v) is 6.79. The maximum Gasteiger partial charge on any atom is 0.317 e. The van der Waals surface area contributed by atoms with Gasteiger partial charge in [0.25, 0.3) is 0 Å². The van der Waals surface area contributed by atoms with Gasteiger partial charge < -0.3 is 18.7 Å². The van der Waals surface area contributed by atoms with E-state index in [1.165, 1.54) is 25.9 Å². The molecule has 3 heterocycles. The molecule has 1 atom stereocenters. The van der Waals surface area contributed by atoms with Gasteiger partial charge in [0.05, 0.1) is 38.8 Å². The van der Waals surface area contributed by atoms with Crippen LogP contribution >= 0.6 is 0 Å². The Morgan fingerprint density at radius 2 is 1.64 bits per heavy atom. The molecule has 0 unspecified atom stereocenters. The van der Waals surface area contributed by atoms with Crippen LogP contribution < -0.4 is 4.74 Å². The maximum atomic E-state index is 13.9. The number of piperidine rings is 3. The van der Waals surface area contributed by atoms with Gasteiger partial charge >= 0.3 is 5.97 Å². The first kappa shape index (κ1) is 25.3. The Balaban J connectivity index is 1.20.